The first-order chi connectivity index (χ1) is 9.69. The standard InChI is InChI=1S/C15H28N2O4/c1-10(11-5-6-21-9-11)17-14(20)16-8-12(13(18)19)7-15(2,3)4/h10-12H,5-9H2,1-4H3,(H,18,19)(H2,16,17,20). The third-order valence-electron chi connectivity index (χ3n) is 3.75. The third kappa shape index (κ3) is 6.80. The largest absolute Gasteiger partial charge is 0.481 e. The van der Waals surface area contributed by atoms with E-state index in [2.05, 4.69) is 10.6 Å². The average Bonchev–Trinajstić information content (AvgIpc) is 2.86. The van der Waals surface area contributed by atoms with Crippen molar-refractivity contribution in [2.24, 2.45) is 17.3 Å². The molecule has 6 heteroatoms. The van der Waals surface area contributed by atoms with E-state index in [-0.39, 0.29) is 24.0 Å². The summed E-state index contributed by atoms with van der Waals surface area (Å²) in [5.41, 5.74) is -0.0876. The van der Waals surface area contributed by atoms with Gasteiger partial charge in [0.25, 0.3) is 0 Å². The van der Waals surface area contributed by atoms with Crippen LogP contribution in [0.25, 0.3) is 0 Å². The van der Waals surface area contributed by atoms with Gasteiger partial charge in [0.2, 0.25) is 0 Å². The van der Waals surface area contributed by atoms with Crippen LogP contribution in [0.5, 0.6) is 0 Å². The zero-order valence-electron chi connectivity index (χ0n) is 13.4. The van der Waals surface area contributed by atoms with Crippen LogP contribution < -0.4 is 10.6 Å². The summed E-state index contributed by atoms with van der Waals surface area (Å²) in [7, 11) is 0. The number of carboxylic acids is 1. The van der Waals surface area contributed by atoms with Gasteiger partial charge in [0, 0.05) is 25.1 Å². The molecular formula is C15H28N2O4. The molecule has 0 aromatic heterocycles. The Kier molecular flexibility index (Phi) is 6.45. The molecule has 1 aliphatic heterocycles. The predicted molar refractivity (Wildman–Crippen MR) is 80.1 cm³/mol. The van der Waals surface area contributed by atoms with Gasteiger partial charge in [0.1, 0.15) is 0 Å². The second-order valence-electron chi connectivity index (χ2n) is 7.07. The third-order valence-corrected chi connectivity index (χ3v) is 3.75. The maximum absolute atomic E-state index is 11.8. The van der Waals surface area contributed by atoms with E-state index in [0.717, 1.165) is 13.0 Å². The molecule has 0 aliphatic carbocycles. The summed E-state index contributed by atoms with van der Waals surface area (Å²) in [5, 5.41) is 14.7. The first-order valence-electron chi connectivity index (χ1n) is 7.54. The molecule has 21 heavy (non-hydrogen) atoms. The van der Waals surface area contributed by atoms with Crippen molar-refractivity contribution in [3.63, 3.8) is 0 Å². The normalized spacial score (nSPS) is 21.6. The minimum absolute atomic E-state index is 0.0263. The quantitative estimate of drug-likeness (QED) is 0.698. The highest BCUT2D eigenvalue weighted by Crippen LogP contribution is 2.24. The molecule has 0 spiro atoms. The van der Waals surface area contributed by atoms with Gasteiger partial charge in [-0.15, -0.1) is 0 Å². The Morgan fingerprint density at radius 3 is 2.52 bits per heavy atom. The highest BCUT2D eigenvalue weighted by molar-refractivity contribution is 5.76. The molecule has 122 valence electrons. The molecule has 3 atom stereocenters. The van der Waals surface area contributed by atoms with Gasteiger partial charge in [-0.1, -0.05) is 20.8 Å². The van der Waals surface area contributed by atoms with Crippen molar-refractivity contribution in [2.45, 2.75) is 46.6 Å². The molecule has 0 aromatic carbocycles. The van der Waals surface area contributed by atoms with Crippen LogP contribution in [-0.2, 0) is 9.53 Å². The average molecular weight is 300 g/mol. The molecule has 1 heterocycles. The van der Waals surface area contributed by atoms with E-state index in [4.69, 9.17) is 4.74 Å². The lowest BCUT2D eigenvalue weighted by Gasteiger charge is -2.24. The van der Waals surface area contributed by atoms with Crippen LogP contribution in [0, 0.1) is 17.3 Å². The van der Waals surface area contributed by atoms with Crippen LogP contribution in [0.3, 0.4) is 0 Å². The van der Waals surface area contributed by atoms with Gasteiger partial charge < -0.3 is 20.5 Å². The van der Waals surface area contributed by atoms with E-state index in [1.165, 1.54) is 0 Å². The summed E-state index contributed by atoms with van der Waals surface area (Å²) in [6.45, 7) is 9.48. The molecule has 3 N–H and O–H groups in total. The number of carboxylic acid groups (broad SMARTS) is 1. The molecule has 2 amide bonds. The predicted octanol–water partition coefficient (Wildman–Crippen LogP) is 1.85. The summed E-state index contributed by atoms with van der Waals surface area (Å²) in [6.07, 6.45) is 1.47. The Hall–Kier alpha value is -1.30. The van der Waals surface area contributed by atoms with Crippen LogP contribution in [0.15, 0.2) is 0 Å². The number of aliphatic carboxylic acids is 1. The summed E-state index contributed by atoms with van der Waals surface area (Å²) < 4.78 is 5.29. The van der Waals surface area contributed by atoms with Gasteiger partial charge in [-0.2, -0.15) is 0 Å². The lowest BCUT2D eigenvalue weighted by Crippen LogP contribution is -2.46. The molecule has 0 aromatic rings. The van der Waals surface area contributed by atoms with E-state index >= 15 is 0 Å². The van der Waals surface area contributed by atoms with Crippen molar-refractivity contribution in [3.8, 4) is 0 Å². The number of rotatable bonds is 6. The van der Waals surface area contributed by atoms with E-state index in [1.54, 1.807) is 0 Å². The number of carbonyl (C=O) groups is 2. The zero-order valence-corrected chi connectivity index (χ0v) is 13.4. The first kappa shape index (κ1) is 17.8. The minimum Gasteiger partial charge on any atom is -0.481 e. The van der Waals surface area contributed by atoms with Crippen LogP contribution >= 0.6 is 0 Å². The zero-order chi connectivity index (χ0) is 16.0. The van der Waals surface area contributed by atoms with Gasteiger partial charge in [-0.25, -0.2) is 4.79 Å². The van der Waals surface area contributed by atoms with E-state index in [9.17, 15) is 14.7 Å². The fourth-order valence-electron chi connectivity index (χ4n) is 2.52. The van der Waals surface area contributed by atoms with Crippen LogP contribution in [0.1, 0.15) is 40.5 Å². The fraction of sp³-hybridized carbons (Fsp3) is 0.867. The van der Waals surface area contributed by atoms with Crippen molar-refractivity contribution in [1.82, 2.24) is 10.6 Å². The van der Waals surface area contributed by atoms with Gasteiger partial charge in [0.15, 0.2) is 0 Å². The van der Waals surface area contributed by atoms with Gasteiger partial charge in [-0.3, -0.25) is 4.79 Å². The van der Waals surface area contributed by atoms with E-state index < -0.39 is 11.9 Å². The van der Waals surface area contributed by atoms with Crippen molar-refractivity contribution in [2.75, 3.05) is 19.8 Å². The smallest absolute Gasteiger partial charge is 0.315 e. The topological polar surface area (TPSA) is 87.7 Å². The number of ether oxygens (including phenoxy) is 1. The Bertz CT molecular complexity index is 359. The number of urea groups is 1. The molecule has 0 radical (unpaired) electrons. The Balaban J connectivity index is 2.37. The molecular weight excluding hydrogens is 272 g/mol. The fourth-order valence-corrected chi connectivity index (χ4v) is 2.52. The number of amides is 2. The first-order valence-corrected chi connectivity index (χ1v) is 7.54. The summed E-state index contributed by atoms with van der Waals surface area (Å²) in [5.74, 6) is -1.11. The highest BCUT2D eigenvalue weighted by atomic mass is 16.5. The lowest BCUT2D eigenvalue weighted by molar-refractivity contribution is -0.142. The van der Waals surface area contributed by atoms with Crippen molar-refractivity contribution in [3.05, 3.63) is 0 Å². The molecule has 3 unspecified atom stereocenters. The maximum Gasteiger partial charge on any atom is 0.315 e. The van der Waals surface area contributed by atoms with Crippen LogP contribution in [0.4, 0.5) is 4.79 Å². The second kappa shape index (κ2) is 7.64. The Morgan fingerprint density at radius 2 is 2.05 bits per heavy atom. The number of nitrogens with one attached hydrogen (secondary N) is 2. The highest BCUT2D eigenvalue weighted by Gasteiger charge is 2.26. The molecule has 1 fully saturated rings. The molecule has 0 bridgehead atoms. The van der Waals surface area contributed by atoms with Crippen molar-refractivity contribution < 1.29 is 19.4 Å². The van der Waals surface area contributed by atoms with Gasteiger partial charge >= 0.3 is 12.0 Å². The molecule has 1 rings (SSSR count). The molecule has 1 aliphatic rings. The van der Waals surface area contributed by atoms with Gasteiger partial charge in [-0.05, 0) is 25.2 Å². The summed E-state index contributed by atoms with van der Waals surface area (Å²) in [4.78, 5) is 23.1. The lowest BCUT2D eigenvalue weighted by atomic mass is 9.84. The molecule has 6 nitrogen and oxygen atoms in total. The summed E-state index contributed by atoms with van der Waals surface area (Å²) >= 11 is 0. The number of hydrogen-bond acceptors (Lipinski definition) is 3. The van der Waals surface area contributed by atoms with E-state index in [1.807, 2.05) is 27.7 Å². The Morgan fingerprint density at radius 1 is 1.38 bits per heavy atom. The van der Waals surface area contributed by atoms with Gasteiger partial charge in [0.05, 0.1) is 12.5 Å². The maximum atomic E-state index is 11.8. The Labute approximate surface area is 126 Å². The van der Waals surface area contributed by atoms with Crippen LogP contribution in [0.2, 0.25) is 0 Å². The molecule has 0 saturated carbocycles. The second-order valence-corrected chi connectivity index (χ2v) is 7.07. The minimum atomic E-state index is -0.873. The molecule has 1 saturated heterocycles. The van der Waals surface area contributed by atoms with Crippen molar-refractivity contribution >= 4 is 12.0 Å². The number of carbonyl (C=O) groups excluding carboxylic acids is 1. The SMILES string of the molecule is CC(NC(=O)NCC(CC(C)(C)C)C(=O)O)C1CCOC1. The monoisotopic (exact) mass is 300 g/mol. The van der Waals surface area contributed by atoms with Crippen molar-refractivity contribution in [1.29, 1.82) is 0 Å². The van der Waals surface area contributed by atoms with Crippen LogP contribution in [-0.4, -0.2) is 42.9 Å². The number of hydrogen-bond donors (Lipinski definition) is 3. The summed E-state index contributed by atoms with van der Waals surface area (Å²) in [6, 6.07) is -0.284. The van der Waals surface area contributed by atoms with E-state index in [0.29, 0.717) is 18.9 Å².